The van der Waals surface area contributed by atoms with Crippen molar-refractivity contribution < 1.29 is 42.2 Å². The predicted molar refractivity (Wildman–Crippen MR) is 67.6 cm³/mol. The van der Waals surface area contributed by atoms with Gasteiger partial charge in [0.15, 0.2) is 0 Å². The van der Waals surface area contributed by atoms with E-state index in [1.807, 2.05) is 13.0 Å². The number of rotatable bonds is 1. The molecule has 0 saturated carbocycles. The van der Waals surface area contributed by atoms with E-state index in [0.29, 0.717) is 0 Å². The summed E-state index contributed by atoms with van der Waals surface area (Å²) in [5.74, 6) is 0.461. The zero-order valence-electron chi connectivity index (χ0n) is 11.4. The van der Waals surface area contributed by atoms with Gasteiger partial charge in [-0.3, -0.25) is 4.79 Å². The van der Waals surface area contributed by atoms with E-state index in [0.717, 1.165) is 35.3 Å². The molecule has 0 unspecified atom stereocenters. The maximum Gasteiger partial charge on any atom is 0.307 e. The van der Waals surface area contributed by atoms with Gasteiger partial charge in [-0.25, -0.2) is 0 Å². The van der Waals surface area contributed by atoms with Crippen LogP contribution in [0, 0.1) is 26.8 Å². The van der Waals surface area contributed by atoms with E-state index in [2.05, 4.69) is 19.9 Å². The van der Waals surface area contributed by atoms with Crippen LogP contribution in [0.1, 0.15) is 41.2 Å². The van der Waals surface area contributed by atoms with Crippen molar-refractivity contribution in [2.75, 3.05) is 0 Å². The number of aryl methyl sites for hydroxylation is 2. The first-order valence-corrected chi connectivity index (χ1v) is 5.91. The number of hydrogen-bond donors (Lipinski definition) is 0. The molecule has 1 aliphatic carbocycles. The number of esters is 1. The largest absolute Gasteiger partial charge is 0.429 e. The second-order valence-electron chi connectivity index (χ2n) is 4.55. The monoisotopic (exact) mass is 318 g/mol. The van der Waals surface area contributed by atoms with Crippen molar-refractivity contribution in [3.8, 4) is 0 Å². The Morgan fingerprint density at radius 3 is 2.56 bits per heavy atom. The fourth-order valence-electron chi connectivity index (χ4n) is 2.39. The van der Waals surface area contributed by atoms with Crippen LogP contribution in [0.4, 0.5) is 0 Å². The molecule has 1 radical (unpaired) electrons. The van der Waals surface area contributed by atoms with Crippen LogP contribution in [0.5, 0.6) is 0 Å². The van der Waals surface area contributed by atoms with Gasteiger partial charge in [0.2, 0.25) is 0 Å². The number of carbonyl (C=O) groups excluding carboxylic acids is 1. The maximum absolute atomic E-state index is 11.1. The molecule has 0 aliphatic heterocycles. The van der Waals surface area contributed by atoms with Crippen molar-refractivity contribution in [2.45, 2.75) is 40.5 Å². The smallest absolute Gasteiger partial charge is 0.307 e. The topological polar surface area (TPSA) is 26.3 Å². The standard InChI is InChI=1S/C15H17O2.Y/c1-9-8-10(2)13-6-5-7-14(17-12(4)16)15(13)11(9)3;/h7H,5-6H2,1-4H3;/q-1;. The summed E-state index contributed by atoms with van der Waals surface area (Å²) in [6, 6.07) is 3.37. The molecular formula is C15H17O2Y-. The molecule has 18 heavy (non-hydrogen) atoms. The summed E-state index contributed by atoms with van der Waals surface area (Å²) in [6.45, 7) is 7.62. The van der Waals surface area contributed by atoms with Gasteiger partial charge in [-0.2, -0.15) is 17.2 Å². The number of hydrogen-bond acceptors (Lipinski definition) is 2. The first-order valence-electron chi connectivity index (χ1n) is 5.91. The summed E-state index contributed by atoms with van der Waals surface area (Å²) in [4.78, 5) is 11.1. The Morgan fingerprint density at radius 1 is 1.28 bits per heavy atom. The molecular weight excluding hydrogens is 301 g/mol. The van der Waals surface area contributed by atoms with Crippen molar-refractivity contribution in [2.24, 2.45) is 0 Å². The summed E-state index contributed by atoms with van der Waals surface area (Å²) in [6.07, 6.45) is 3.94. The fourth-order valence-corrected chi connectivity index (χ4v) is 2.39. The summed E-state index contributed by atoms with van der Waals surface area (Å²) in [7, 11) is 0. The van der Waals surface area contributed by atoms with E-state index in [4.69, 9.17) is 4.74 Å². The number of benzene rings is 1. The number of fused-ring (bicyclic) bond motifs is 1. The van der Waals surface area contributed by atoms with Gasteiger partial charge >= 0.3 is 5.97 Å². The zero-order chi connectivity index (χ0) is 12.6. The molecule has 0 N–H and O–H groups in total. The minimum Gasteiger partial charge on any atom is -0.429 e. The van der Waals surface area contributed by atoms with Crippen LogP contribution in [0.15, 0.2) is 6.08 Å². The molecule has 0 amide bonds. The molecule has 0 heterocycles. The van der Waals surface area contributed by atoms with Crippen molar-refractivity contribution in [3.05, 3.63) is 40.0 Å². The Balaban J connectivity index is 0.00000162. The summed E-state index contributed by atoms with van der Waals surface area (Å²) in [5, 5.41) is 0. The van der Waals surface area contributed by atoms with Crippen molar-refractivity contribution in [3.63, 3.8) is 0 Å². The van der Waals surface area contributed by atoms with Gasteiger partial charge in [0.1, 0.15) is 5.76 Å². The SMILES string of the molecule is CC(=O)OC1=CCCc2c(C)[c-]c(C)c(C)c21.[Y]. The summed E-state index contributed by atoms with van der Waals surface area (Å²) >= 11 is 0. The minimum atomic E-state index is -0.258. The van der Waals surface area contributed by atoms with Crippen LogP contribution >= 0.6 is 0 Å². The van der Waals surface area contributed by atoms with Crippen LogP contribution in [0.25, 0.3) is 5.76 Å². The number of allylic oxidation sites excluding steroid dienone is 1. The second kappa shape index (κ2) is 6.12. The molecule has 0 fully saturated rings. The molecule has 0 atom stereocenters. The Morgan fingerprint density at radius 2 is 1.94 bits per heavy atom. The molecule has 0 bridgehead atoms. The van der Waals surface area contributed by atoms with Gasteiger partial charge in [-0.15, -0.1) is 11.1 Å². The maximum atomic E-state index is 11.1. The number of ether oxygens (including phenoxy) is 1. The van der Waals surface area contributed by atoms with Gasteiger partial charge < -0.3 is 4.74 Å². The third-order valence-electron chi connectivity index (χ3n) is 3.29. The Hall–Kier alpha value is -0.466. The predicted octanol–water partition coefficient (Wildman–Crippen LogP) is 3.26. The van der Waals surface area contributed by atoms with Crippen LogP contribution in [-0.4, -0.2) is 5.97 Å². The Labute approximate surface area is 134 Å². The van der Waals surface area contributed by atoms with Gasteiger partial charge in [-0.1, -0.05) is 32.8 Å². The average molecular weight is 318 g/mol. The van der Waals surface area contributed by atoms with Crippen LogP contribution in [-0.2, 0) is 48.7 Å². The summed E-state index contributed by atoms with van der Waals surface area (Å²) in [5.41, 5.74) is 5.83. The molecule has 1 aliphatic rings. The molecule has 2 rings (SSSR count). The Kier molecular flexibility index (Phi) is 5.30. The van der Waals surface area contributed by atoms with E-state index >= 15 is 0 Å². The van der Waals surface area contributed by atoms with Crippen LogP contribution < -0.4 is 0 Å². The number of carbonyl (C=O) groups is 1. The van der Waals surface area contributed by atoms with E-state index < -0.39 is 0 Å². The second-order valence-corrected chi connectivity index (χ2v) is 4.55. The van der Waals surface area contributed by atoms with Gasteiger partial charge in [0.25, 0.3) is 0 Å². The van der Waals surface area contributed by atoms with Gasteiger partial charge in [0, 0.05) is 39.6 Å². The molecule has 1 aromatic rings. The van der Waals surface area contributed by atoms with Crippen LogP contribution in [0.2, 0.25) is 0 Å². The molecule has 1 aromatic carbocycles. The van der Waals surface area contributed by atoms with E-state index in [1.54, 1.807) is 0 Å². The van der Waals surface area contributed by atoms with Gasteiger partial charge in [-0.05, 0) is 12.5 Å². The summed E-state index contributed by atoms with van der Waals surface area (Å²) < 4.78 is 5.32. The van der Waals surface area contributed by atoms with Crippen molar-refractivity contribution in [1.82, 2.24) is 0 Å². The zero-order valence-corrected chi connectivity index (χ0v) is 14.2. The molecule has 0 spiro atoms. The van der Waals surface area contributed by atoms with Gasteiger partial charge in [0.05, 0.1) is 0 Å². The quantitative estimate of drug-likeness (QED) is 0.587. The van der Waals surface area contributed by atoms with Crippen molar-refractivity contribution in [1.29, 1.82) is 0 Å². The third kappa shape index (κ3) is 2.92. The minimum absolute atomic E-state index is 0. The first-order chi connectivity index (χ1) is 8.00. The Bertz CT molecular complexity index is 516. The van der Waals surface area contributed by atoms with Crippen molar-refractivity contribution >= 4 is 11.7 Å². The van der Waals surface area contributed by atoms with E-state index in [1.165, 1.54) is 18.1 Å². The third-order valence-corrected chi connectivity index (χ3v) is 3.29. The van der Waals surface area contributed by atoms with E-state index in [-0.39, 0.29) is 38.7 Å². The first kappa shape index (κ1) is 15.6. The molecule has 0 saturated heterocycles. The molecule has 3 heteroatoms. The molecule has 0 aromatic heterocycles. The fraction of sp³-hybridized carbons (Fsp3) is 0.400. The molecule has 2 nitrogen and oxygen atoms in total. The van der Waals surface area contributed by atoms with E-state index in [9.17, 15) is 4.79 Å². The normalized spacial score (nSPS) is 13.2. The molecule has 93 valence electrons. The van der Waals surface area contributed by atoms with Crippen LogP contribution in [0.3, 0.4) is 0 Å². The average Bonchev–Trinajstić information content (AvgIpc) is 2.25.